The zero-order valence-corrected chi connectivity index (χ0v) is 22.1. The van der Waals surface area contributed by atoms with Gasteiger partial charge in [0.05, 0.1) is 12.5 Å². The second-order valence-corrected chi connectivity index (χ2v) is 10.4. The minimum absolute atomic E-state index is 0.114. The molecule has 0 spiro atoms. The van der Waals surface area contributed by atoms with Gasteiger partial charge in [-0.15, -0.1) is 0 Å². The Balaban J connectivity index is 1.28. The van der Waals surface area contributed by atoms with Crippen LogP contribution in [0.15, 0.2) is 78.9 Å². The van der Waals surface area contributed by atoms with Crippen molar-refractivity contribution in [3.8, 4) is 11.1 Å². The molecule has 0 bridgehead atoms. The van der Waals surface area contributed by atoms with E-state index in [1.54, 1.807) is 0 Å². The Hall–Kier alpha value is -4.21. The average molecular weight is 544 g/mol. The molecule has 2 amide bonds. The van der Waals surface area contributed by atoms with E-state index in [1.807, 2.05) is 66.7 Å². The largest absolute Gasteiger partial charge is 0.481 e. The molecule has 0 radical (unpaired) electrons. The maximum absolute atomic E-state index is 13.4. The average Bonchev–Trinajstić information content (AvgIpc) is 3.50. The van der Waals surface area contributed by atoms with Gasteiger partial charge in [0.25, 0.3) is 0 Å². The number of fused-ring (bicyclic) bond motifs is 3. The summed E-state index contributed by atoms with van der Waals surface area (Å²) in [6.07, 6.45) is -2.10. The number of carboxylic acids is 1. The number of alkyl carbamates (subject to hydrolysis) is 1. The van der Waals surface area contributed by atoms with Gasteiger partial charge in [0.15, 0.2) is 0 Å². The van der Waals surface area contributed by atoms with Gasteiger partial charge in [0.2, 0.25) is 5.91 Å². The summed E-state index contributed by atoms with van der Waals surface area (Å²) in [4.78, 5) is 39.6. The Kier molecular flexibility index (Phi) is 8.14. The van der Waals surface area contributed by atoms with Gasteiger partial charge in [-0.25, -0.2) is 4.79 Å². The highest BCUT2D eigenvalue weighted by molar-refractivity contribution is 5.91. The van der Waals surface area contributed by atoms with Crippen LogP contribution in [0.4, 0.5) is 4.79 Å². The summed E-state index contributed by atoms with van der Waals surface area (Å²) >= 11 is 0. The fourth-order valence-electron chi connectivity index (χ4n) is 5.69. The number of ether oxygens (including phenoxy) is 1. The summed E-state index contributed by atoms with van der Waals surface area (Å²) in [5.74, 6) is -1.77. The molecular weight excluding hydrogens is 510 g/mol. The van der Waals surface area contributed by atoms with Gasteiger partial charge >= 0.3 is 12.1 Å². The topological polar surface area (TPSA) is 128 Å². The number of carbonyl (C=O) groups excluding carboxylic acids is 2. The van der Waals surface area contributed by atoms with E-state index in [-0.39, 0.29) is 25.6 Å². The minimum Gasteiger partial charge on any atom is -0.481 e. The van der Waals surface area contributed by atoms with Crippen molar-refractivity contribution >= 4 is 18.0 Å². The summed E-state index contributed by atoms with van der Waals surface area (Å²) < 4.78 is 5.73. The first kappa shape index (κ1) is 27.4. The van der Waals surface area contributed by atoms with Crippen molar-refractivity contribution in [2.75, 3.05) is 26.2 Å². The second-order valence-electron chi connectivity index (χ2n) is 10.4. The molecule has 1 heterocycles. The molecule has 208 valence electrons. The quantitative estimate of drug-likeness (QED) is 0.309. The van der Waals surface area contributed by atoms with E-state index >= 15 is 0 Å². The molecule has 1 saturated heterocycles. The lowest BCUT2D eigenvalue weighted by Gasteiger charge is -2.30. The number of nitrogens with one attached hydrogen (secondary N) is 2. The van der Waals surface area contributed by atoms with Crippen molar-refractivity contribution < 1.29 is 29.3 Å². The number of hydrogen-bond acceptors (Lipinski definition) is 6. The Morgan fingerprint density at radius 1 is 0.950 bits per heavy atom. The van der Waals surface area contributed by atoms with E-state index in [4.69, 9.17) is 9.84 Å². The second kappa shape index (κ2) is 11.9. The van der Waals surface area contributed by atoms with E-state index in [0.717, 1.165) is 27.8 Å². The van der Waals surface area contributed by atoms with Crippen molar-refractivity contribution in [3.05, 3.63) is 95.6 Å². The molecule has 3 aromatic carbocycles. The van der Waals surface area contributed by atoms with Crippen LogP contribution in [0, 0.1) is 0 Å². The third-order valence-corrected chi connectivity index (χ3v) is 7.63. The minimum atomic E-state index is -1.29. The van der Waals surface area contributed by atoms with Crippen LogP contribution in [0.3, 0.4) is 0 Å². The summed E-state index contributed by atoms with van der Waals surface area (Å²) in [5, 5.41) is 24.4. The molecule has 9 heteroatoms. The smallest absolute Gasteiger partial charge is 0.408 e. The molecular formula is C31H33N3O6. The van der Waals surface area contributed by atoms with Crippen molar-refractivity contribution in [1.29, 1.82) is 0 Å². The Morgan fingerprint density at radius 3 is 2.23 bits per heavy atom. The van der Waals surface area contributed by atoms with Crippen LogP contribution in [-0.2, 0) is 20.9 Å². The first-order valence-corrected chi connectivity index (χ1v) is 13.4. The lowest BCUT2D eigenvalue weighted by atomic mass is 9.97. The molecule has 1 aliphatic heterocycles. The van der Waals surface area contributed by atoms with Gasteiger partial charge < -0.3 is 25.6 Å². The predicted octanol–water partition coefficient (Wildman–Crippen LogP) is 3.12. The summed E-state index contributed by atoms with van der Waals surface area (Å²) in [6, 6.07) is 26.0. The van der Waals surface area contributed by atoms with Crippen LogP contribution >= 0.6 is 0 Å². The number of nitrogens with zero attached hydrogens (tertiary/aromatic N) is 1. The summed E-state index contributed by atoms with van der Waals surface area (Å²) in [5.41, 5.74) is 4.21. The molecule has 5 rings (SSSR count). The van der Waals surface area contributed by atoms with Crippen LogP contribution in [0.25, 0.3) is 11.1 Å². The molecule has 4 N–H and O–H groups in total. The van der Waals surface area contributed by atoms with E-state index in [9.17, 15) is 19.5 Å². The molecule has 1 aliphatic carbocycles. The molecule has 3 aromatic rings. The van der Waals surface area contributed by atoms with Gasteiger partial charge in [-0.05, 0) is 34.2 Å². The van der Waals surface area contributed by atoms with Crippen LogP contribution < -0.4 is 10.6 Å². The van der Waals surface area contributed by atoms with Crippen molar-refractivity contribution in [2.45, 2.75) is 36.9 Å². The predicted molar refractivity (Wildman–Crippen MR) is 149 cm³/mol. The third kappa shape index (κ3) is 6.00. The van der Waals surface area contributed by atoms with E-state index in [1.165, 1.54) is 0 Å². The zero-order chi connectivity index (χ0) is 28.1. The van der Waals surface area contributed by atoms with Crippen molar-refractivity contribution in [3.63, 3.8) is 0 Å². The number of hydrogen-bond donors (Lipinski definition) is 4. The fourth-order valence-corrected chi connectivity index (χ4v) is 5.69. The van der Waals surface area contributed by atoms with E-state index in [2.05, 4.69) is 27.7 Å². The highest BCUT2D eigenvalue weighted by Crippen LogP contribution is 2.44. The zero-order valence-electron chi connectivity index (χ0n) is 22.1. The number of aliphatic hydroxyl groups excluding tert-OH is 1. The number of carboxylic acid groups (broad SMARTS) is 1. The molecule has 0 aromatic heterocycles. The molecule has 0 saturated carbocycles. The van der Waals surface area contributed by atoms with Crippen LogP contribution in [0.2, 0.25) is 0 Å². The molecule has 9 nitrogen and oxygen atoms in total. The van der Waals surface area contributed by atoms with Crippen LogP contribution in [0.1, 0.15) is 35.4 Å². The molecule has 2 atom stereocenters. The number of rotatable bonds is 10. The molecule has 40 heavy (non-hydrogen) atoms. The molecule has 1 fully saturated rings. The Labute approximate surface area is 232 Å². The van der Waals surface area contributed by atoms with Gasteiger partial charge in [-0.1, -0.05) is 78.9 Å². The van der Waals surface area contributed by atoms with Gasteiger partial charge in [-0.3, -0.25) is 14.5 Å². The van der Waals surface area contributed by atoms with Crippen LogP contribution in [0.5, 0.6) is 0 Å². The van der Waals surface area contributed by atoms with Crippen molar-refractivity contribution in [2.24, 2.45) is 0 Å². The highest BCUT2D eigenvalue weighted by Gasteiger charge is 2.46. The lowest BCUT2D eigenvalue weighted by Crippen LogP contribution is -2.61. The van der Waals surface area contributed by atoms with E-state index < -0.39 is 36.0 Å². The van der Waals surface area contributed by atoms with Crippen molar-refractivity contribution in [1.82, 2.24) is 15.5 Å². The van der Waals surface area contributed by atoms with Crippen LogP contribution in [-0.4, -0.2) is 71.0 Å². The maximum atomic E-state index is 13.4. The first-order chi connectivity index (χ1) is 19.3. The first-order valence-electron chi connectivity index (χ1n) is 13.4. The van der Waals surface area contributed by atoms with E-state index in [0.29, 0.717) is 19.5 Å². The monoisotopic (exact) mass is 543 g/mol. The van der Waals surface area contributed by atoms with Gasteiger partial charge in [-0.2, -0.15) is 0 Å². The SMILES string of the molecule is O=C(O)CC(O)CNC(=O)C1(NC(=O)OCC2c3ccccc3-c3ccccc32)CCN(Cc2ccccc2)C1. The molecule has 2 unspecified atom stereocenters. The third-order valence-electron chi connectivity index (χ3n) is 7.63. The highest BCUT2D eigenvalue weighted by atomic mass is 16.5. The lowest BCUT2D eigenvalue weighted by molar-refractivity contribution is -0.139. The number of amides is 2. The molecule has 2 aliphatic rings. The fraction of sp³-hybridized carbons (Fsp3) is 0.323. The van der Waals surface area contributed by atoms with Gasteiger partial charge in [0, 0.05) is 32.1 Å². The Bertz CT molecular complexity index is 1330. The summed E-state index contributed by atoms with van der Waals surface area (Å²) in [7, 11) is 0. The number of likely N-dealkylation sites (tertiary alicyclic amines) is 1. The van der Waals surface area contributed by atoms with Gasteiger partial charge in [0.1, 0.15) is 12.1 Å². The maximum Gasteiger partial charge on any atom is 0.408 e. The standard InChI is InChI=1S/C31H33N3O6/c35-22(16-28(36)37)17-32-29(38)31(14-15-34(20-31)18-21-8-2-1-3-9-21)33-30(39)40-19-27-25-12-6-4-10-23(25)24-11-5-7-13-26(24)27/h1-13,22,27,35H,14-20H2,(H,32,38)(H,33,39)(H,36,37). The number of benzene rings is 3. The Morgan fingerprint density at radius 2 is 1.57 bits per heavy atom. The number of carbonyl (C=O) groups is 3. The number of aliphatic carboxylic acids is 1. The summed E-state index contributed by atoms with van der Waals surface area (Å²) in [6.45, 7) is 1.28. The number of aliphatic hydroxyl groups is 1. The normalized spacial score (nSPS) is 18.9.